The molecule has 3 nitrogen and oxygen atoms in total. The molecule has 2 saturated heterocycles. The first-order chi connectivity index (χ1) is 6.84. The molecule has 0 aromatic carbocycles. The van der Waals surface area contributed by atoms with Crippen molar-refractivity contribution in [3.05, 3.63) is 16.9 Å². The van der Waals surface area contributed by atoms with Crippen LogP contribution in [0.3, 0.4) is 0 Å². The van der Waals surface area contributed by atoms with Crippen LogP contribution in [-0.4, -0.2) is 22.1 Å². The summed E-state index contributed by atoms with van der Waals surface area (Å²) < 4.78 is 0.952. The van der Waals surface area contributed by atoms with Gasteiger partial charge in [-0.05, 0) is 41.6 Å². The fourth-order valence-corrected chi connectivity index (χ4v) is 2.88. The monoisotopic (exact) mass is 253 g/mol. The first-order valence-corrected chi connectivity index (χ1v) is 5.90. The Morgan fingerprint density at radius 1 is 1.07 bits per heavy atom. The Bertz CT molecular complexity index is 318. The Hall–Kier alpha value is -0.640. The standard InChI is InChI=1S/C10H12BrN3/c11-7-5-12-10(13-6-7)14-8-1-2-9(14)4-3-8/h5-6,8-9H,1-4H2. The van der Waals surface area contributed by atoms with Crippen LogP contribution in [-0.2, 0) is 0 Å². The fraction of sp³-hybridized carbons (Fsp3) is 0.600. The molecule has 0 radical (unpaired) electrons. The summed E-state index contributed by atoms with van der Waals surface area (Å²) in [5.74, 6) is 0.915. The number of hydrogen-bond acceptors (Lipinski definition) is 3. The third kappa shape index (κ3) is 1.24. The molecule has 3 heterocycles. The summed E-state index contributed by atoms with van der Waals surface area (Å²) in [4.78, 5) is 11.1. The Balaban J connectivity index is 1.92. The zero-order chi connectivity index (χ0) is 9.54. The lowest BCUT2D eigenvalue weighted by Crippen LogP contribution is -2.29. The van der Waals surface area contributed by atoms with Crippen LogP contribution in [0.25, 0.3) is 0 Å². The van der Waals surface area contributed by atoms with Gasteiger partial charge in [-0.1, -0.05) is 0 Å². The average molecular weight is 254 g/mol. The first kappa shape index (κ1) is 8.65. The lowest BCUT2D eigenvalue weighted by Gasteiger charge is -2.21. The first-order valence-electron chi connectivity index (χ1n) is 5.10. The van der Waals surface area contributed by atoms with E-state index in [0.717, 1.165) is 10.4 Å². The van der Waals surface area contributed by atoms with Crippen LogP contribution in [0.2, 0.25) is 0 Å². The summed E-state index contributed by atoms with van der Waals surface area (Å²) in [5.41, 5.74) is 0. The van der Waals surface area contributed by atoms with E-state index in [9.17, 15) is 0 Å². The molecule has 0 N–H and O–H groups in total. The van der Waals surface area contributed by atoms with Crippen molar-refractivity contribution >= 4 is 21.9 Å². The predicted molar refractivity (Wildman–Crippen MR) is 58.3 cm³/mol. The molecule has 3 rings (SSSR count). The van der Waals surface area contributed by atoms with Crippen LogP contribution in [0.4, 0.5) is 5.95 Å². The molecule has 2 fully saturated rings. The maximum Gasteiger partial charge on any atom is 0.225 e. The van der Waals surface area contributed by atoms with Crippen LogP contribution in [0, 0.1) is 0 Å². The molecule has 0 unspecified atom stereocenters. The minimum Gasteiger partial charge on any atom is -0.335 e. The Morgan fingerprint density at radius 2 is 1.57 bits per heavy atom. The number of hydrogen-bond donors (Lipinski definition) is 0. The number of anilines is 1. The van der Waals surface area contributed by atoms with Crippen molar-refractivity contribution in [2.75, 3.05) is 4.90 Å². The topological polar surface area (TPSA) is 29.0 Å². The number of aromatic nitrogens is 2. The van der Waals surface area contributed by atoms with Gasteiger partial charge < -0.3 is 4.90 Å². The molecule has 1 aromatic heterocycles. The summed E-state index contributed by atoms with van der Waals surface area (Å²) in [6.07, 6.45) is 8.96. The molecular weight excluding hydrogens is 242 g/mol. The Kier molecular flexibility index (Phi) is 1.97. The van der Waals surface area contributed by atoms with E-state index in [2.05, 4.69) is 30.8 Å². The zero-order valence-electron chi connectivity index (χ0n) is 7.86. The molecule has 2 aliphatic heterocycles. The van der Waals surface area contributed by atoms with E-state index in [4.69, 9.17) is 0 Å². The van der Waals surface area contributed by atoms with Crippen LogP contribution < -0.4 is 4.90 Å². The van der Waals surface area contributed by atoms with Gasteiger partial charge in [0.15, 0.2) is 0 Å². The molecule has 0 amide bonds. The summed E-state index contributed by atoms with van der Waals surface area (Å²) in [7, 11) is 0. The van der Waals surface area contributed by atoms with Crippen LogP contribution in [0.5, 0.6) is 0 Å². The second-order valence-corrected chi connectivity index (χ2v) is 4.99. The SMILES string of the molecule is Brc1cnc(N2C3CCC2CC3)nc1. The summed E-state index contributed by atoms with van der Waals surface area (Å²) in [6.45, 7) is 0. The molecule has 0 saturated carbocycles. The highest BCUT2D eigenvalue weighted by Crippen LogP contribution is 2.39. The third-order valence-electron chi connectivity index (χ3n) is 3.29. The van der Waals surface area contributed by atoms with E-state index in [1.807, 2.05) is 12.4 Å². The van der Waals surface area contributed by atoms with Crippen molar-refractivity contribution in [1.29, 1.82) is 0 Å². The maximum atomic E-state index is 4.37. The van der Waals surface area contributed by atoms with Gasteiger partial charge in [-0.3, -0.25) is 0 Å². The van der Waals surface area contributed by atoms with Crippen molar-refractivity contribution in [2.45, 2.75) is 37.8 Å². The summed E-state index contributed by atoms with van der Waals surface area (Å²) >= 11 is 3.36. The zero-order valence-corrected chi connectivity index (χ0v) is 9.44. The molecule has 0 aliphatic carbocycles. The van der Waals surface area contributed by atoms with Gasteiger partial charge >= 0.3 is 0 Å². The molecule has 74 valence electrons. The highest BCUT2D eigenvalue weighted by atomic mass is 79.9. The van der Waals surface area contributed by atoms with Crippen molar-refractivity contribution in [3.63, 3.8) is 0 Å². The van der Waals surface area contributed by atoms with Crippen molar-refractivity contribution in [3.8, 4) is 0 Å². The van der Waals surface area contributed by atoms with E-state index in [0.29, 0.717) is 12.1 Å². The lowest BCUT2D eigenvalue weighted by molar-refractivity contribution is 0.576. The van der Waals surface area contributed by atoms with Gasteiger partial charge in [0.05, 0.1) is 4.47 Å². The third-order valence-corrected chi connectivity index (χ3v) is 3.70. The molecule has 0 atom stereocenters. The fourth-order valence-electron chi connectivity index (χ4n) is 2.68. The van der Waals surface area contributed by atoms with Gasteiger partial charge in [-0.15, -0.1) is 0 Å². The quantitative estimate of drug-likeness (QED) is 0.770. The van der Waals surface area contributed by atoms with E-state index in [-0.39, 0.29) is 0 Å². The second-order valence-electron chi connectivity index (χ2n) is 4.07. The molecule has 4 heteroatoms. The summed E-state index contributed by atoms with van der Waals surface area (Å²) in [5, 5.41) is 0. The highest BCUT2D eigenvalue weighted by molar-refractivity contribution is 9.10. The number of rotatable bonds is 1. The van der Waals surface area contributed by atoms with E-state index in [1.54, 1.807) is 0 Å². The van der Waals surface area contributed by atoms with Gasteiger partial charge in [0.1, 0.15) is 0 Å². The van der Waals surface area contributed by atoms with Crippen molar-refractivity contribution < 1.29 is 0 Å². The van der Waals surface area contributed by atoms with Crippen LogP contribution in [0.1, 0.15) is 25.7 Å². The number of fused-ring (bicyclic) bond motifs is 2. The normalized spacial score (nSPS) is 29.9. The molecule has 14 heavy (non-hydrogen) atoms. The maximum absolute atomic E-state index is 4.37. The minimum atomic E-state index is 0.709. The average Bonchev–Trinajstić information content (AvgIpc) is 2.78. The number of halogens is 1. The van der Waals surface area contributed by atoms with Gasteiger partial charge in [-0.25, -0.2) is 9.97 Å². The number of nitrogens with zero attached hydrogens (tertiary/aromatic N) is 3. The van der Waals surface area contributed by atoms with Crippen LogP contribution in [0.15, 0.2) is 16.9 Å². The Morgan fingerprint density at radius 3 is 2.07 bits per heavy atom. The van der Waals surface area contributed by atoms with Gasteiger partial charge in [0.25, 0.3) is 0 Å². The molecule has 1 aromatic rings. The van der Waals surface area contributed by atoms with E-state index >= 15 is 0 Å². The largest absolute Gasteiger partial charge is 0.335 e. The molecule has 0 spiro atoms. The Labute approximate surface area is 91.7 Å². The smallest absolute Gasteiger partial charge is 0.225 e. The van der Waals surface area contributed by atoms with Gasteiger partial charge in [-0.2, -0.15) is 0 Å². The minimum absolute atomic E-state index is 0.709. The summed E-state index contributed by atoms with van der Waals surface area (Å²) in [6, 6.07) is 1.42. The lowest BCUT2D eigenvalue weighted by atomic mass is 10.0. The van der Waals surface area contributed by atoms with Crippen molar-refractivity contribution in [2.24, 2.45) is 0 Å². The molecular formula is C10H12BrN3. The van der Waals surface area contributed by atoms with E-state index < -0.39 is 0 Å². The highest BCUT2D eigenvalue weighted by Gasteiger charge is 2.40. The van der Waals surface area contributed by atoms with Crippen molar-refractivity contribution in [1.82, 2.24) is 9.97 Å². The second kappa shape index (κ2) is 3.19. The predicted octanol–water partition coefficient (Wildman–Crippen LogP) is 2.37. The van der Waals surface area contributed by atoms with Gasteiger partial charge in [0, 0.05) is 24.5 Å². The van der Waals surface area contributed by atoms with E-state index in [1.165, 1.54) is 25.7 Å². The van der Waals surface area contributed by atoms with Gasteiger partial charge in [0.2, 0.25) is 5.95 Å². The molecule has 2 bridgehead atoms. The van der Waals surface area contributed by atoms with Crippen LogP contribution >= 0.6 is 15.9 Å². The molecule has 2 aliphatic rings.